The molecule has 0 atom stereocenters. The molecule has 0 aromatic rings. The van der Waals surface area contributed by atoms with Gasteiger partial charge >= 0.3 is 11.9 Å². The molecule has 100 valence electrons. The minimum absolute atomic E-state index is 0.0446. The molecule has 0 bridgehead atoms. The zero-order valence-electron chi connectivity index (χ0n) is 11.1. The fourth-order valence-electron chi connectivity index (χ4n) is 0.799. The smallest absolute Gasteiger partial charge is 0.332 e. The maximum absolute atomic E-state index is 11.1. The molecule has 4 nitrogen and oxygen atoms in total. The van der Waals surface area contributed by atoms with Crippen molar-refractivity contribution in [1.29, 1.82) is 0 Å². The summed E-state index contributed by atoms with van der Waals surface area (Å²) in [5.41, 5.74) is 0. The molecule has 0 aliphatic rings. The Bertz CT molecular complexity index is 464. The Balaban J connectivity index is 3.87. The highest BCUT2D eigenvalue weighted by atomic mass is 16.5. The third-order valence-electron chi connectivity index (χ3n) is 1.67. The lowest BCUT2D eigenvalue weighted by Crippen LogP contribution is -2.00. The van der Waals surface area contributed by atoms with Crippen LogP contribution in [0.4, 0.5) is 0 Å². The zero-order chi connectivity index (χ0) is 14.3. The lowest BCUT2D eigenvalue weighted by atomic mass is 10.3. The van der Waals surface area contributed by atoms with E-state index in [2.05, 4.69) is 28.4 Å². The topological polar surface area (TPSA) is 52.6 Å². The average Bonchev–Trinajstić information content (AvgIpc) is 2.42. The molecule has 0 heterocycles. The van der Waals surface area contributed by atoms with Crippen LogP contribution in [-0.4, -0.2) is 25.7 Å². The van der Waals surface area contributed by atoms with Gasteiger partial charge in [0.1, 0.15) is 0 Å². The number of hydrogen-bond acceptors (Lipinski definition) is 4. The molecule has 0 radical (unpaired) electrons. The molecular formula is C15H16O4. The van der Waals surface area contributed by atoms with E-state index in [1.165, 1.54) is 31.4 Å². The predicted molar refractivity (Wildman–Crippen MR) is 71.7 cm³/mol. The highest BCUT2D eigenvalue weighted by molar-refractivity contribution is 5.83. The minimum atomic E-state index is -0.503. The Morgan fingerprint density at radius 1 is 1.05 bits per heavy atom. The number of rotatable bonds is 4. The fraction of sp³-hybridized carbons (Fsp3) is 0.333. The van der Waals surface area contributed by atoms with Crippen LogP contribution in [0.5, 0.6) is 0 Å². The van der Waals surface area contributed by atoms with Crippen LogP contribution in [0.2, 0.25) is 0 Å². The number of esters is 2. The number of unbranched alkanes of at least 4 members (excludes halogenated alkanes) is 1. The maximum atomic E-state index is 11.1. The molecule has 0 saturated carbocycles. The summed E-state index contributed by atoms with van der Waals surface area (Å²) in [7, 11) is 1.28. The number of allylic oxidation sites excluding steroid dienone is 2. The fourth-order valence-corrected chi connectivity index (χ4v) is 0.799. The van der Waals surface area contributed by atoms with Crippen molar-refractivity contribution in [3.63, 3.8) is 0 Å². The molecule has 0 rings (SSSR count). The molecule has 19 heavy (non-hydrogen) atoms. The van der Waals surface area contributed by atoms with E-state index in [9.17, 15) is 9.59 Å². The van der Waals surface area contributed by atoms with Crippen LogP contribution >= 0.6 is 0 Å². The Morgan fingerprint density at radius 2 is 1.68 bits per heavy atom. The average molecular weight is 260 g/mol. The van der Waals surface area contributed by atoms with Gasteiger partial charge in [-0.15, -0.1) is 0 Å². The van der Waals surface area contributed by atoms with Gasteiger partial charge < -0.3 is 9.47 Å². The van der Waals surface area contributed by atoms with Gasteiger partial charge in [0.05, 0.1) is 7.11 Å². The maximum Gasteiger partial charge on any atom is 0.332 e. The number of ether oxygens (including phenoxy) is 2. The number of methoxy groups -OCH3 is 1. The van der Waals surface area contributed by atoms with Crippen LogP contribution in [0.15, 0.2) is 24.3 Å². The van der Waals surface area contributed by atoms with Crippen molar-refractivity contribution in [2.45, 2.75) is 19.8 Å². The van der Waals surface area contributed by atoms with Crippen LogP contribution in [0.1, 0.15) is 19.8 Å². The monoisotopic (exact) mass is 260 g/mol. The van der Waals surface area contributed by atoms with Gasteiger partial charge in [-0.1, -0.05) is 30.6 Å². The van der Waals surface area contributed by atoms with Crippen molar-refractivity contribution in [2.75, 3.05) is 13.7 Å². The van der Waals surface area contributed by atoms with E-state index in [-0.39, 0.29) is 6.61 Å². The summed E-state index contributed by atoms with van der Waals surface area (Å²) in [4.78, 5) is 21.8. The van der Waals surface area contributed by atoms with Crippen molar-refractivity contribution in [2.24, 2.45) is 0 Å². The van der Waals surface area contributed by atoms with E-state index in [1.807, 2.05) is 6.92 Å². The Hall–Kier alpha value is -2.46. The lowest BCUT2D eigenvalue weighted by Gasteiger charge is -1.92. The van der Waals surface area contributed by atoms with Gasteiger partial charge in [-0.2, -0.15) is 0 Å². The highest BCUT2D eigenvalue weighted by Crippen LogP contribution is 1.83. The van der Waals surface area contributed by atoms with Crippen LogP contribution in [-0.2, 0) is 19.1 Å². The highest BCUT2D eigenvalue weighted by Gasteiger charge is 1.91. The minimum Gasteiger partial charge on any atom is -0.466 e. The summed E-state index contributed by atoms with van der Waals surface area (Å²) < 4.78 is 9.13. The standard InChI is InChI=1S/C15H16O4/c1-3-4-5-6-8-12-15(17)19-13-10-7-9-11-14(16)18-2/h8-9,11-12H,3-4,13H2,1-2H3/b11-9+,12-8+. The van der Waals surface area contributed by atoms with Gasteiger partial charge in [0, 0.05) is 18.6 Å². The van der Waals surface area contributed by atoms with E-state index < -0.39 is 11.9 Å². The summed E-state index contributed by atoms with van der Waals surface area (Å²) in [5, 5.41) is 0. The summed E-state index contributed by atoms with van der Waals surface area (Å²) >= 11 is 0. The molecule has 0 fully saturated rings. The zero-order valence-corrected chi connectivity index (χ0v) is 11.1. The second-order valence-electron chi connectivity index (χ2n) is 3.19. The molecule has 0 amide bonds. The van der Waals surface area contributed by atoms with E-state index in [0.29, 0.717) is 0 Å². The third-order valence-corrected chi connectivity index (χ3v) is 1.67. The second-order valence-corrected chi connectivity index (χ2v) is 3.19. The van der Waals surface area contributed by atoms with Gasteiger partial charge in [0.15, 0.2) is 6.61 Å². The number of carbonyl (C=O) groups is 2. The Morgan fingerprint density at radius 3 is 2.32 bits per heavy atom. The summed E-state index contributed by atoms with van der Waals surface area (Å²) in [6, 6.07) is 0. The van der Waals surface area contributed by atoms with Gasteiger partial charge in [-0.3, -0.25) is 0 Å². The van der Waals surface area contributed by atoms with Gasteiger partial charge in [-0.05, 0) is 18.6 Å². The van der Waals surface area contributed by atoms with Crippen molar-refractivity contribution >= 4 is 11.9 Å². The first kappa shape index (κ1) is 16.5. The van der Waals surface area contributed by atoms with E-state index in [0.717, 1.165) is 12.8 Å². The van der Waals surface area contributed by atoms with Crippen LogP contribution in [0, 0.1) is 23.7 Å². The van der Waals surface area contributed by atoms with E-state index in [4.69, 9.17) is 4.74 Å². The molecule has 0 aromatic heterocycles. The molecule has 0 N–H and O–H groups in total. The van der Waals surface area contributed by atoms with Gasteiger partial charge in [0.25, 0.3) is 0 Å². The Labute approximate surface area is 113 Å². The SMILES string of the molecule is CCCC#C/C=C/C(=O)OCC#C/C=C/C(=O)OC. The van der Waals surface area contributed by atoms with Crippen LogP contribution in [0.3, 0.4) is 0 Å². The molecule has 4 heteroatoms. The molecule has 0 aromatic carbocycles. The second kappa shape index (κ2) is 12.0. The normalized spacial score (nSPS) is 9.37. The predicted octanol–water partition coefficient (Wildman–Crippen LogP) is 1.62. The first-order valence-electron chi connectivity index (χ1n) is 5.75. The summed E-state index contributed by atoms with van der Waals surface area (Å²) in [5.74, 6) is 9.67. The van der Waals surface area contributed by atoms with Crippen molar-refractivity contribution in [3.8, 4) is 23.7 Å². The number of hydrogen-bond donors (Lipinski definition) is 0. The lowest BCUT2D eigenvalue weighted by molar-refractivity contribution is -0.136. The molecule has 0 aliphatic carbocycles. The number of carbonyl (C=O) groups excluding carboxylic acids is 2. The molecule has 0 saturated heterocycles. The van der Waals surface area contributed by atoms with Crippen LogP contribution < -0.4 is 0 Å². The first-order valence-corrected chi connectivity index (χ1v) is 5.75. The molecular weight excluding hydrogens is 244 g/mol. The summed E-state index contributed by atoms with van der Waals surface area (Å²) in [6.07, 6.45) is 6.98. The summed E-state index contributed by atoms with van der Waals surface area (Å²) in [6.45, 7) is 1.98. The quantitative estimate of drug-likeness (QED) is 0.438. The van der Waals surface area contributed by atoms with E-state index >= 15 is 0 Å². The molecule has 0 unspecified atom stereocenters. The molecule has 0 aliphatic heterocycles. The van der Waals surface area contributed by atoms with Crippen molar-refractivity contribution < 1.29 is 19.1 Å². The van der Waals surface area contributed by atoms with Crippen LogP contribution in [0.25, 0.3) is 0 Å². The Kier molecular flexibility index (Phi) is 10.5. The third kappa shape index (κ3) is 11.8. The first-order chi connectivity index (χ1) is 9.20. The van der Waals surface area contributed by atoms with Gasteiger partial charge in [0.2, 0.25) is 0 Å². The van der Waals surface area contributed by atoms with Crippen molar-refractivity contribution in [1.82, 2.24) is 0 Å². The largest absolute Gasteiger partial charge is 0.466 e. The van der Waals surface area contributed by atoms with Crippen molar-refractivity contribution in [3.05, 3.63) is 24.3 Å². The van der Waals surface area contributed by atoms with E-state index in [1.54, 1.807) is 0 Å². The molecule has 0 spiro atoms. The van der Waals surface area contributed by atoms with Gasteiger partial charge in [-0.25, -0.2) is 9.59 Å².